The summed E-state index contributed by atoms with van der Waals surface area (Å²) in [6, 6.07) is 7.34. The first kappa shape index (κ1) is 9.77. The third kappa shape index (κ3) is 1.50. The zero-order valence-electron chi connectivity index (χ0n) is 9.15. The molecule has 2 rings (SSSR count). The summed E-state index contributed by atoms with van der Waals surface area (Å²) in [4.78, 5) is 0. The SMILES string of the molecule is Cc1nn(C)c(C)c1-c1ccccc1O. The van der Waals surface area contributed by atoms with Crippen molar-refractivity contribution in [1.82, 2.24) is 9.78 Å². The summed E-state index contributed by atoms with van der Waals surface area (Å²) in [6.07, 6.45) is 0. The second-order valence-electron chi connectivity index (χ2n) is 3.69. The first-order chi connectivity index (χ1) is 7.11. The maximum atomic E-state index is 9.79. The highest BCUT2D eigenvalue weighted by molar-refractivity contribution is 5.73. The van der Waals surface area contributed by atoms with Crippen molar-refractivity contribution >= 4 is 0 Å². The monoisotopic (exact) mass is 202 g/mol. The Labute approximate surface area is 89.0 Å². The quantitative estimate of drug-likeness (QED) is 0.771. The average molecular weight is 202 g/mol. The largest absolute Gasteiger partial charge is 0.507 e. The molecule has 0 spiro atoms. The molecule has 1 N–H and O–H groups in total. The summed E-state index contributed by atoms with van der Waals surface area (Å²) in [6.45, 7) is 3.95. The highest BCUT2D eigenvalue weighted by atomic mass is 16.3. The summed E-state index contributed by atoms with van der Waals surface area (Å²) in [5.41, 5.74) is 3.88. The lowest BCUT2D eigenvalue weighted by Crippen LogP contribution is -1.92. The van der Waals surface area contributed by atoms with Gasteiger partial charge in [-0.3, -0.25) is 4.68 Å². The van der Waals surface area contributed by atoms with E-state index in [0.717, 1.165) is 22.5 Å². The maximum Gasteiger partial charge on any atom is 0.123 e. The van der Waals surface area contributed by atoms with Crippen molar-refractivity contribution in [2.45, 2.75) is 13.8 Å². The van der Waals surface area contributed by atoms with E-state index in [1.54, 1.807) is 6.07 Å². The van der Waals surface area contributed by atoms with Crippen molar-refractivity contribution in [3.8, 4) is 16.9 Å². The molecule has 0 fully saturated rings. The number of aryl methyl sites for hydroxylation is 2. The topological polar surface area (TPSA) is 38.0 Å². The van der Waals surface area contributed by atoms with Gasteiger partial charge in [0.1, 0.15) is 5.75 Å². The van der Waals surface area contributed by atoms with Crippen LogP contribution >= 0.6 is 0 Å². The smallest absolute Gasteiger partial charge is 0.123 e. The second kappa shape index (κ2) is 3.42. The normalized spacial score (nSPS) is 10.6. The van der Waals surface area contributed by atoms with Crippen LogP contribution in [0.15, 0.2) is 24.3 Å². The first-order valence-corrected chi connectivity index (χ1v) is 4.90. The Morgan fingerprint density at radius 1 is 1.20 bits per heavy atom. The predicted octanol–water partition coefficient (Wildman–Crippen LogP) is 2.41. The van der Waals surface area contributed by atoms with Crippen LogP contribution in [0, 0.1) is 13.8 Å². The molecule has 15 heavy (non-hydrogen) atoms. The lowest BCUT2D eigenvalue weighted by Gasteiger charge is -2.04. The summed E-state index contributed by atoms with van der Waals surface area (Å²) in [7, 11) is 1.91. The molecule has 0 atom stereocenters. The number of para-hydroxylation sites is 1. The third-order valence-electron chi connectivity index (χ3n) is 2.68. The van der Waals surface area contributed by atoms with E-state index in [0.29, 0.717) is 5.75 Å². The van der Waals surface area contributed by atoms with Crippen LogP contribution in [0.5, 0.6) is 5.75 Å². The van der Waals surface area contributed by atoms with Gasteiger partial charge in [-0.1, -0.05) is 18.2 Å². The molecule has 0 aliphatic carbocycles. The molecule has 0 amide bonds. The Bertz CT molecular complexity index is 500. The van der Waals surface area contributed by atoms with E-state index < -0.39 is 0 Å². The van der Waals surface area contributed by atoms with E-state index in [2.05, 4.69) is 5.10 Å². The highest BCUT2D eigenvalue weighted by Crippen LogP contribution is 2.32. The maximum absolute atomic E-state index is 9.79. The predicted molar refractivity (Wildman–Crippen MR) is 59.8 cm³/mol. The van der Waals surface area contributed by atoms with Gasteiger partial charge in [0.25, 0.3) is 0 Å². The minimum Gasteiger partial charge on any atom is -0.507 e. The molecule has 1 aromatic carbocycles. The Morgan fingerprint density at radius 3 is 2.40 bits per heavy atom. The number of aromatic hydroxyl groups is 1. The molecule has 1 heterocycles. The van der Waals surface area contributed by atoms with Gasteiger partial charge in [-0.25, -0.2) is 0 Å². The number of phenolic OH excluding ortho intramolecular Hbond substituents is 1. The average Bonchev–Trinajstić information content (AvgIpc) is 2.43. The molecule has 0 radical (unpaired) electrons. The van der Waals surface area contributed by atoms with Crippen LogP contribution in [0.25, 0.3) is 11.1 Å². The molecule has 0 aliphatic heterocycles. The van der Waals surface area contributed by atoms with E-state index in [4.69, 9.17) is 0 Å². The minimum absolute atomic E-state index is 0.303. The minimum atomic E-state index is 0.303. The molecule has 78 valence electrons. The van der Waals surface area contributed by atoms with Crippen LogP contribution in [-0.4, -0.2) is 14.9 Å². The molecular formula is C12H14N2O. The fraction of sp³-hybridized carbons (Fsp3) is 0.250. The van der Waals surface area contributed by atoms with Crippen LogP contribution in [0.1, 0.15) is 11.4 Å². The van der Waals surface area contributed by atoms with Crippen LogP contribution in [-0.2, 0) is 7.05 Å². The molecule has 0 unspecified atom stereocenters. The lowest BCUT2D eigenvalue weighted by atomic mass is 10.0. The standard InChI is InChI=1S/C12H14N2O/c1-8-12(9(2)14(3)13-8)10-6-4-5-7-11(10)15/h4-7,15H,1-3H3. The molecule has 0 aliphatic rings. The van der Waals surface area contributed by atoms with Gasteiger partial charge in [-0.05, 0) is 19.9 Å². The van der Waals surface area contributed by atoms with Gasteiger partial charge in [0.05, 0.1) is 5.69 Å². The Morgan fingerprint density at radius 2 is 1.87 bits per heavy atom. The molecule has 2 aromatic rings. The van der Waals surface area contributed by atoms with Crippen molar-refractivity contribution in [2.24, 2.45) is 7.05 Å². The number of aromatic nitrogens is 2. The summed E-state index contributed by atoms with van der Waals surface area (Å²) < 4.78 is 1.83. The van der Waals surface area contributed by atoms with E-state index in [-0.39, 0.29) is 0 Å². The van der Waals surface area contributed by atoms with E-state index >= 15 is 0 Å². The first-order valence-electron chi connectivity index (χ1n) is 4.90. The van der Waals surface area contributed by atoms with Crippen molar-refractivity contribution < 1.29 is 5.11 Å². The second-order valence-corrected chi connectivity index (χ2v) is 3.69. The van der Waals surface area contributed by atoms with Gasteiger partial charge in [0.2, 0.25) is 0 Å². The molecule has 0 bridgehead atoms. The summed E-state index contributed by atoms with van der Waals surface area (Å²) >= 11 is 0. The van der Waals surface area contributed by atoms with Crippen LogP contribution in [0.3, 0.4) is 0 Å². The zero-order chi connectivity index (χ0) is 11.0. The van der Waals surface area contributed by atoms with Gasteiger partial charge in [0, 0.05) is 23.9 Å². The highest BCUT2D eigenvalue weighted by Gasteiger charge is 2.13. The Hall–Kier alpha value is -1.77. The molecule has 1 aromatic heterocycles. The lowest BCUT2D eigenvalue weighted by molar-refractivity contribution is 0.477. The summed E-state index contributed by atoms with van der Waals surface area (Å²) in [5, 5.41) is 14.1. The van der Waals surface area contributed by atoms with Crippen LogP contribution < -0.4 is 0 Å². The molecule has 0 saturated carbocycles. The van der Waals surface area contributed by atoms with E-state index in [1.165, 1.54) is 0 Å². The molecule has 3 heteroatoms. The van der Waals surface area contributed by atoms with Gasteiger partial charge < -0.3 is 5.11 Å². The van der Waals surface area contributed by atoms with Crippen molar-refractivity contribution in [3.05, 3.63) is 35.7 Å². The summed E-state index contributed by atoms with van der Waals surface area (Å²) in [5.74, 6) is 0.303. The Balaban J connectivity index is 2.69. The van der Waals surface area contributed by atoms with E-state index in [9.17, 15) is 5.11 Å². The van der Waals surface area contributed by atoms with Crippen LogP contribution in [0.4, 0.5) is 0 Å². The zero-order valence-corrected chi connectivity index (χ0v) is 9.15. The number of nitrogens with zero attached hydrogens (tertiary/aromatic N) is 2. The van der Waals surface area contributed by atoms with Gasteiger partial charge in [-0.15, -0.1) is 0 Å². The van der Waals surface area contributed by atoms with E-state index in [1.807, 2.05) is 43.8 Å². The third-order valence-corrected chi connectivity index (χ3v) is 2.68. The fourth-order valence-electron chi connectivity index (χ4n) is 1.85. The van der Waals surface area contributed by atoms with Crippen molar-refractivity contribution in [2.75, 3.05) is 0 Å². The van der Waals surface area contributed by atoms with Crippen molar-refractivity contribution in [3.63, 3.8) is 0 Å². The van der Waals surface area contributed by atoms with Crippen LogP contribution in [0.2, 0.25) is 0 Å². The fourth-order valence-corrected chi connectivity index (χ4v) is 1.85. The Kier molecular flexibility index (Phi) is 2.23. The number of hydrogen-bond donors (Lipinski definition) is 1. The van der Waals surface area contributed by atoms with Gasteiger partial charge in [-0.2, -0.15) is 5.10 Å². The number of phenols is 1. The number of hydrogen-bond acceptors (Lipinski definition) is 2. The van der Waals surface area contributed by atoms with Crippen molar-refractivity contribution in [1.29, 1.82) is 0 Å². The molecule has 0 saturated heterocycles. The molecular weight excluding hydrogens is 188 g/mol. The van der Waals surface area contributed by atoms with Gasteiger partial charge >= 0.3 is 0 Å². The number of benzene rings is 1. The molecule has 3 nitrogen and oxygen atoms in total. The number of rotatable bonds is 1. The van der Waals surface area contributed by atoms with Gasteiger partial charge in [0.15, 0.2) is 0 Å².